The summed E-state index contributed by atoms with van der Waals surface area (Å²) in [5, 5.41) is 7.44. The summed E-state index contributed by atoms with van der Waals surface area (Å²) in [4.78, 5) is 18.0. The Morgan fingerprint density at radius 1 is 0.938 bits per heavy atom. The van der Waals surface area contributed by atoms with Gasteiger partial charge in [0.2, 0.25) is 0 Å². The standard InChI is InChI=1S/C25H24N4O3/c1-4-17-8-5-6-11-22(17)24-27-23(18-9-7-10-21(16-18)32-3)28-29(24)25(30)26-19-12-14-20(31-2)15-13-19/h5-16H,4H2,1-3H3,(H,26,30). The minimum absolute atomic E-state index is 0.405. The molecule has 0 saturated heterocycles. The van der Waals surface area contributed by atoms with E-state index in [4.69, 9.17) is 14.5 Å². The summed E-state index contributed by atoms with van der Waals surface area (Å²) in [6.45, 7) is 2.07. The molecule has 0 aliphatic carbocycles. The summed E-state index contributed by atoms with van der Waals surface area (Å²) in [6, 6.07) is 22.0. The van der Waals surface area contributed by atoms with E-state index in [1.807, 2.05) is 48.5 Å². The Morgan fingerprint density at radius 3 is 2.41 bits per heavy atom. The van der Waals surface area contributed by atoms with Gasteiger partial charge < -0.3 is 14.8 Å². The summed E-state index contributed by atoms with van der Waals surface area (Å²) in [5.74, 6) is 2.32. The molecule has 1 N–H and O–H groups in total. The van der Waals surface area contributed by atoms with Crippen molar-refractivity contribution in [2.45, 2.75) is 13.3 Å². The lowest BCUT2D eigenvalue weighted by atomic mass is 10.0. The molecule has 32 heavy (non-hydrogen) atoms. The first kappa shape index (κ1) is 21.1. The van der Waals surface area contributed by atoms with Crippen molar-refractivity contribution in [3.05, 3.63) is 78.4 Å². The highest BCUT2D eigenvalue weighted by Crippen LogP contribution is 2.28. The number of nitrogens with one attached hydrogen (secondary N) is 1. The molecule has 3 aromatic carbocycles. The molecule has 0 aliphatic heterocycles. The minimum atomic E-state index is -0.405. The van der Waals surface area contributed by atoms with Crippen LogP contribution in [0.2, 0.25) is 0 Å². The third-order valence-corrected chi connectivity index (χ3v) is 5.11. The van der Waals surface area contributed by atoms with E-state index in [0.29, 0.717) is 28.8 Å². The Balaban J connectivity index is 1.78. The molecule has 4 aromatic rings. The molecule has 7 heteroatoms. The van der Waals surface area contributed by atoms with E-state index >= 15 is 0 Å². The van der Waals surface area contributed by atoms with Gasteiger partial charge >= 0.3 is 6.03 Å². The molecule has 0 bridgehead atoms. The number of aromatic nitrogens is 3. The van der Waals surface area contributed by atoms with Crippen molar-refractivity contribution in [2.24, 2.45) is 0 Å². The zero-order valence-electron chi connectivity index (χ0n) is 18.2. The number of amides is 1. The van der Waals surface area contributed by atoms with Gasteiger partial charge in [0.25, 0.3) is 0 Å². The molecule has 0 aliphatic rings. The predicted molar refractivity (Wildman–Crippen MR) is 124 cm³/mol. The summed E-state index contributed by atoms with van der Waals surface area (Å²) < 4.78 is 11.8. The highest BCUT2D eigenvalue weighted by molar-refractivity contribution is 5.93. The number of rotatable bonds is 6. The zero-order valence-corrected chi connectivity index (χ0v) is 18.2. The van der Waals surface area contributed by atoms with Gasteiger partial charge in [0.1, 0.15) is 11.5 Å². The zero-order chi connectivity index (χ0) is 22.5. The Labute approximate surface area is 186 Å². The van der Waals surface area contributed by atoms with Crippen LogP contribution in [0.25, 0.3) is 22.8 Å². The second-order valence-corrected chi connectivity index (χ2v) is 7.07. The van der Waals surface area contributed by atoms with Crippen LogP contribution >= 0.6 is 0 Å². The molecule has 0 saturated carbocycles. The van der Waals surface area contributed by atoms with Crippen molar-refractivity contribution in [3.63, 3.8) is 0 Å². The number of ether oxygens (including phenoxy) is 2. The monoisotopic (exact) mass is 428 g/mol. The van der Waals surface area contributed by atoms with Gasteiger partial charge in [-0.05, 0) is 48.4 Å². The van der Waals surface area contributed by atoms with Crippen LogP contribution in [0, 0.1) is 0 Å². The fourth-order valence-electron chi connectivity index (χ4n) is 3.41. The van der Waals surface area contributed by atoms with Crippen molar-refractivity contribution in [2.75, 3.05) is 19.5 Å². The lowest BCUT2D eigenvalue weighted by molar-refractivity contribution is 0.251. The van der Waals surface area contributed by atoms with Gasteiger partial charge in [-0.15, -0.1) is 5.10 Å². The van der Waals surface area contributed by atoms with Crippen LogP contribution < -0.4 is 14.8 Å². The molecule has 0 unspecified atom stereocenters. The molecule has 1 aromatic heterocycles. The van der Waals surface area contributed by atoms with Crippen molar-refractivity contribution in [1.82, 2.24) is 14.8 Å². The van der Waals surface area contributed by atoms with Crippen LogP contribution in [0.15, 0.2) is 72.8 Å². The number of aryl methyl sites for hydroxylation is 1. The van der Waals surface area contributed by atoms with E-state index in [9.17, 15) is 4.79 Å². The topological polar surface area (TPSA) is 78.3 Å². The van der Waals surface area contributed by atoms with Crippen molar-refractivity contribution >= 4 is 11.7 Å². The lowest BCUT2D eigenvalue weighted by Crippen LogP contribution is -2.22. The number of methoxy groups -OCH3 is 2. The van der Waals surface area contributed by atoms with Crippen LogP contribution in [0.5, 0.6) is 11.5 Å². The number of hydrogen-bond acceptors (Lipinski definition) is 5. The third kappa shape index (κ3) is 4.32. The SMILES string of the molecule is CCc1ccccc1-c1nc(-c2cccc(OC)c2)nn1C(=O)Nc1ccc(OC)cc1. The van der Waals surface area contributed by atoms with E-state index < -0.39 is 6.03 Å². The summed E-state index contributed by atoms with van der Waals surface area (Å²) in [6.07, 6.45) is 0.803. The summed E-state index contributed by atoms with van der Waals surface area (Å²) >= 11 is 0. The minimum Gasteiger partial charge on any atom is -0.497 e. The maximum Gasteiger partial charge on any atom is 0.348 e. The molecule has 1 heterocycles. The van der Waals surface area contributed by atoms with E-state index in [2.05, 4.69) is 17.3 Å². The second kappa shape index (κ2) is 9.34. The van der Waals surface area contributed by atoms with E-state index in [0.717, 1.165) is 23.1 Å². The summed E-state index contributed by atoms with van der Waals surface area (Å²) in [5.41, 5.74) is 3.33. The van der Waals surface area contributed by atoms with Crippen molar-refractivity contribution < 1.29 is 14.3 Å². The van der Waals surface area contributed by atoms with Crippen molar-refractivity contribution in [1.29, 1.82) is 0 Å². The first-order chi connectivity index (χ1) is 15.6. The van der Waals surface area contributed by atoms with Crippen LogP contribution in [0.1, 0.15) is 12.5 Å². The summed E-state index contributed by atoms with van der Waals surface area (Å²) in [7, 11) is 3.21. The molecule has 0 radical (unpaired) electrons. The predicted octanol–water partition coefficient (Wildman–Crippen LogP) is 5.27. The Kier molecular flexibility index (Phi) is 6.17. The normalized spacial score (nSPS) is 10.6. The van der Waals surface area contributed by atoms with Gasteiger partial charge in [0, 0.05) is 16.8 Å². The molecule has 0 fully saturated rings. The number of carbonyl (C=O) groups is 1. The Hall–Kier alpha value is -4.13. The molecule has 0 spiro atoms. The number of hydrogen-bond donors (Lipinski definition) is 1. The van der Waals surface area contributed by atoms with Crippen molar-refractivity contribution in [3.8, 4) is 34.3 Å². The van der Waals surface area contributed by atoms with Crippen LogP contribution in [0.4, 0.5) is 10.5 Å². The molecule has 7 nitrogen and oxygen atoms in total. The van der Waals surface area contributed by atoms with Crippen LogP contribution in [0.3, 0.4) is 0 Å². The number of carbonyl (C=O) groups excluding carboxylic acids is 1. The van der Waals surface area contributed by atoms with Crippen LogP contribution in [-0.4, -0.2) is 35.0 Å². The smallest absolute Gasteiger partial charge is 0.348 e. The average Bonchev–Trinajstić information content (AvgIpc) is 3.30. The maximum absolute atomic E-state index is 13.2. The Morgan fingerprint density at radius 2 is 1.69 bits per heavy atom. The van der Waals surface area contributed by atoms with Crippen LogP contribution in [-0.2, 0) is 6.42 Å². The average molecular weight is 428 g/mol. The van der Waals surface area contributed by atoms with Gasteiger partial charge in [0.15, 0.2) is 11.6 Å². The second-order valence-electron chi connectivity index (χ2n) is 7.07. The first-order valence-corrected chi connectivity index (χ1v) is 10.3. The van der Waals surface area contributed by atoms with E-state index in [-0.39, 0.29) is 0 Å². The van der Waals surface area contributed by atoms with E-state index in [1.54, 1.807) is 38.5 Å². The van der Waals surface area contributed by atoms with Gasteiger partial charge in [-0.25, -0.2) is 9.78 Å². The first-order valence-electron chi connectivity index (χ1n) is 10.3. The van der Waals surface area contributed by atoms with E-state index in [1.165, 1.54) is 4.68 Å². The fraction of sp³-hybridized carbons (Fsp3) is 0.160. The highest BCUT2D eigenvalue weighted by Gasteiger charge is 2.20. The van der Waals surface area contributed by atoms with Gasteiger partial charge in [-0.1, -0.05) is 43.3 Å². The molecule has 1 amide bonds. The lowest BCUT2D eigenvalue weighted by Gasteiger charge is -2.10. The van der Waals surface area contributed by atoms with Gasteiger partial charge in [0.05, 0.1) is 14.2 Å². The molecule has 0 atom stereocenters. The molecular weight excluding hydrogens is 404 g/mol. The highest BCUT2D eigenvalue weighted by atomic mass is 16.5. The number of benzene rings is 3. The molecule has 162 valence electrons. The van der Waals surface area contributed by atoms with Gasteiger partial charge in [-0.3, -0.25) is 0 Å². The maximum atomic E-state index is 13.2. The molecular formula is C25H24N4O3. The number of nitrogens with zero attached hydrogens (tertiary/aromatic N) is 3. The van der Waals surface area contributed by atoms with Gasteiger partial charge in [-0.2, -0.15) is 4.68 Å². The Bertz CT molecular complexity index is 1230. The third-order valence-electron chi connectivity index (χ3n) is 5.11. The quantitative estimate of drug-likeness (QED) is 0.453. The largest absolute Gasteiger partial charge is 0.497 e. The molecule has 4 rings (SSSR count). The fourth-order valence-corrected chi connectivity index (χ4v) is 3.41. The number of anilines is 1.